The van der Waals surface area contributed by atoms with E-state index in [0.717, 1.165) is 42.9 Å². The molecule has 0 unspecified atom stereocenters. The van der Waals surface area contributed by atoms with Crippen LogP contribution in [-0.2, 0) is 0 Å². The van der Waals surface area contributed by atoms with Crippen LogP contribution in [0, 0.1) is 0 Å². The van der Waals surface area contributed by atoms with Crippen molar-refractivity contribution >= 4 is 28.3 Å². The van der Waals surface area contributed by atoms with Crippen molar-refractivity contribution in [2.45, 2.75) is 26.7 Å². The van der Waals surface area contributed by atoms with Crippen LogP contribution >= 0.6 is 11.3 Å². The molecule has 3 rings (SSSR count). The molecule has 2 amide bonds. The fraction of sp³-hybridized carbons (Fsp3) is 0.292. The molecule has 162 valence electrons. The maximum absolute atomic E-state index is 12.7. The number of methoxy groups -OCH3 is 1. The predicted molar refractivity (Wildman–Crippen MR) is 125 cm³/mol. The van der Waals surface area contributed by atoms with E-state index in [1.54, 1.807) is 31.4 Å². The van der Waals surface area contributed by atoms with Gasteiger partial charge in [-0.05, 0) is 61.4 Å². The van der Waals surface area contributed by atoms with Crippen LogP contribution in [0.4, 0.5) is 5.13 Å². The van der Waals surface area contributed by atoms with Gasteiger partial charge in [0.05, 0.1) is 12.8 Å². The molecule has 1 aromatic heterocycles. The number of hydrogen-bond donors (Lipinski definition) is 1. The number of rotatable bonds is 9. The number of carbonyl (C=O) groups excluding carboxylic acids is 2. The molecule has 6 nitrogen and oxygen atoms in total. The van der Waals surface area contributed by atoms with Gasteiger partial charge in [0.15, 0.2) is 5.13 Å². The minimum atomic E-state index is -0.256. The highest BCUT2D eigenvalue weighted by Gasteiger charge is 2.15. The number of benzene rings is 2. The van der Waals surface area contributed by atoms with Gasteiger partial charge in [-0.1, -0.05) is 13.8 Å². The van der Waals surface area contributed by atoms with E-state index in [0.29, 0.717) is 16.3 Å². The van der Waals surface area contributed by atoms with Crippen molar-refractivity contribution in [1.82, 2.24) is 9.88 Å². The van der Waals surface area contributed by atoms with Crippen molar-refractivity contribution in [3.05, 3.63) is 65.0 Å². The minimum Gasteiger partial charge on any atom is -0.497 e. The van der Waals surface area contributed by atoms with Gasteiger partial charge in [-0.3, -0.25) is 14.9 Å². The van der Waals surface area contributed by atoms with Gasteiger partial charge in [0, 0.05) is 35.2 Å². The Balaban J connectivity index is 1.65. The fourth-order valence-electron chi connectivity index (χ4n) is 3.20. The molecule has 3 aromatic rings. The lowest BCUT2D eigenvalue weighted by molar-refractivity contribution is 0.0755. The molecule has 0 aliphatic heterocycles. The van der Waals surface area contributed by atoms with Crippen LogP contribution in [0.2, 0.25) is 0 Å². The number of anilines is 1. The first kappa shape index (κ1) is 22.5. The zero-order chi connectivity index (χ0) is 22.2. The van der Waals surface area contributed by atoms with Gasteiger partial charge in [-0.25, -0.2) is 4.98 Å². The smallest absolute Gasteiger partial charge is 0.257 e. The second-order valence-electron chi connectivity index (χ2n) is 7.09. The maximum atomic E-state index is 12.7. The summed E-state index contributed by atoms with van der Waals surface area (Å²) < 4.78 is 5.17. The Morgan fingerprint density at radius 2 is 1.58 bits per heavy atom. The Labute approximate surface area is 186 Å². The van der Waals surface area contributed by atoms with Crippen LogP contribution in [0.15, 0.2) is 53.9 Å². The summed E-state index contributed by atoms with van der Waals surface area (Å²) in [4.78, 5) is 31.6. The zero-order valence-electron chi connectivity index (χ0n) is 18.1. The number of aromatic nitrogens is 1. The topological polar surface area (TPSA) is 71.5 Å². The molecule has 0 aliphatic carbocycles. The van der Waals surface area contributed by atoms with Crippen LogP contribution in [0.25, 0.3) is 11.3 Å². The van der Waals surface area contributed by atoms with E-state index >= 15 is 0 Å². The van der Waals surface area contributed by atoms with E-state index in [1.807, 2.05) is 34.5 Å². The fourth-order valence-corrected chi connectivity index (χ4v) is 3.91. The zero-order valence-corrected chi connectivity index (χ0v) is 18.9. The van der Waals surface area contributed by atoms with Crippen LogP contribution in [0.1, 0.15) is 47.4 Å². The van der Waals surface area contributed by atoms with Crippen molar-refractivity contribution in [1.29, 1.82) is 0 Å². The maximum Gasteiger partial charge on any atom is 0.257 e. The summed E-state index contributed by atoms with van der Waals surface area (Å²) in [7, 11) is 1.63. The number of carbonyl (C=O) groups is 2. The monoisotopic (exact) mass is 437 g/mol. The van der Waals surface area contributed by atoms with Gasteiger partial charge in [-0.2, -0.15) is 0 Å². The molecule has 0 saturated carbocycles. The quantitative estimate of drug-likeness (QED) is 0.491. The summed E-state index contributed by atoms with van der Waals surface area (Å²) in [6.45, 7) is 5.58. The Morgan fingerprint density at radius 1 is 0.968 bits per heavy atom. The first-order chi connectivity index (χ1) is 15.0. The van der Waals surface area contributed by atoms with E-state index in [-0.39, 0.29) is 11.8 Å². The first-order valence-electron chi connectivity index (χ1n) is 10.4. The molecule has 0 aliphatic rings. The highest BCUT2D eigenvalue weighted by Crippen LogP contribution is 2.26. The van der Waals surface area contributed by atoms with Crippen molar-refractivity contribution in [2.75, 3.05) is 25.5 Å². The molecule has 0 fully saturated rings. The van der Waals surface area contributed by atoms with Crippen LogP contribution in [0.5, 0.6) is 5.75 Å². The van der Waals surface area contributed by atoms with Crippen molar-refractivity contribution in [2.24, 2.45) is 0 Å². The molecule has 0 atom stereocenters. The Bertz CT molecular complexity index is 1010. The van der Waals surface area contributed by atoms with E-state index < -0.39 is 0 Å². The number of hydrogen-bond acceptors (Lipinski definition) is 5. The Morgan fingerprint density at radius 3 is 2.16 bits per heavy atom. The third-order valence-corrected chi connectivity index (χ3v) is 5.54. The highest BCUT2D eigenvalue weighted by atomic mass is 32.1. The SMILES string of the molecule is CCCN(CCC)C(=O)c1ccc(C(=O)Nc2nc(-c3ccc(OC)cc3)cs2)cc1. The van der Waals surface area contributed by atoms with Gasteiger partial charge in [0.2, 0.25) is 0 Å². The lowest BCUT2D eigenvalue weighted by atomic mass is 10.1. The number of amides is 2. The summed E-state index contributed by atoms with van der Waals surface area (Å²) in [6.07, 6.45) is 1.83. The van der Waals surface area contributed by atoms with Gasteiger partial charge < -0.3 is 9.64 Å². The molecule has 31 heavy (non-hydrogen) atoms. The molecule has 0 bridgehead atoms. The summed E-state index contributed by atoms with van der Waals surface area (Å²) in [5.41, 5.74) is 2.81. The second-order valence-corrected chi connectivity index (χ2v) is 7.95. The molecule has 1 heterocycles. The molecule has 2 aromatic carbocycles. The van der Waals surface area contributed by atoms with Crippen molar-refractivity contribution in [3.63, 3.8) is 0 Å². The van der Waals surface area contributed by atoms with Gasteiger partial charge in [0.1, 0.15) is 5.75 Å². The molecule has 0 radical (unpaired) electrons. The van der Waals surface area contributed by atoms with E-state index in [9.17, 15) is 9.59 Å². The van der Waals surface area contributed by atoms with Crippen LogP contribution < -0.4 is 10.1 Å². The highest BCUT2D eigenvalue weighted by molar-refractivity contribution is 7.14. The lowest BCUT2D eigenvalue weighted by Crippen LogP contribution is -2.32. The summed E-state index contributed by atoms with van der Waals surface area (Å²) in [6, 6.07) is 14.4. The number of ether oxygens (including phenoxy) is 1. The molecule has 0 saturated heterocycles. The summed E-state index contributed by atoms with van der Waals surface area (Å²) in [5.74, 6) is 0.523. The largest absolute Gasteiger partial charge is 0.497 e. The van der Waals surface area contributed by atoms with E-state index in [2.05, 4.69) is 24.1 Å². The molecular formula is C24H27N3O3S. The van der Waals surface area contributed by atoms with Crippen molar-refractivity contribution < 1.29 is 14.3 Å². The molecular weight excluding hydrogens is 410 g/mol. The second kappa shape index (κ2) is 10.7. The predicted octanol–water partition coefficient (Wildman–Crippen LogP) is 5.33. The third kappa shape index (κ3) is 5.70. The standard InChI is InChI=1S/C24H27N3O3S/c1-4-14-27(15-5-2)23(29)19-8-6-18(7-9-19)22(28)26-24-25-21(16-31-24)17-10-12-20(30-3)13-11-17/h6-13,16H,4-5,14-15H2,1-3H3,(H,25,26,28). The average molecular weight is 438 g/mol. The first-order valence-corrected chi connectivity index (χ1v) is 11.2. The van der Waals surface area contributed by atoms with E-state index in [1.165, 1.54) is 11.3 Å². The number of nitrogens with one attached hydrogen (secondary N) is 1. The Kier molecular flexibility index (Phi) is 7.78. The third-order valence-electron chi connectivity index (χ3n) is 4.78. The minimum absolute atomic E-state index is 0.000264. The van der Waals surface area contributed by atoms with Gasteiger partial charge in [0.25, 0.3) is 11.8 Å². The lowest BCUT2D eigenvalue weighted by Gasteiger charge is -2.21. The molecule has 1 N–H and O–H groups in total. The van der Waals surface area contributed by atoms with Gasteiger partial charge >= 0.3 is 0 Å². The summed E-state index contributed by atoms with van der Waals surface area (Å²) in [5, 5.41) is 5.25. The summed E-state index contributed by atoms with van der Waals surface area (Å²) >= 11 is 1.37. The number of nitrogens with zero attached hydrogens (tertiary/aromatic N) is 2. The molecule has 0 spiro atoms. The Hall–Kier alpha value is -3.19. The molecule has 7 heteroatoms. The normalized spacial score (nSPS) is 10.5. The van der Waals surface area contributed by atoms with Gasteiger partial charge in [-0.15, -0.1) is 11.3 Å². The average Bonchev–Trinajstić information content (AvgIpc) is 3.27. The van der Waals surface area contributed by atoms with E-state index in [4.69, 9.17) is 4.74 Å². The van der Waals surface area contributed by atoms with Crippen LogP contribution in [0.3, 0.4) is 0 Å². The van der Waals surface area contributed by atoms with Crippen molar-refractivity contribution in [3.8, 4) is 17.0 Å². The number of thiazole rings is 1. The van der Waals surface area contributed by atoms with Crippen LogP contribution in [-0.4, -0.2) is 41.9 Å².